The standard InChI is InChI=1S/C19H19F3N4O2S/c1-25(11-14-5-3-4-6-16(14)28-19(20,21)22)12-26-18(29)23-17(24-26)13-7-9-15(27-2)10-8-13/h3-10H,11-12H2,1-2H3,(H,23,24,29). The van der Waals surface area contributed by atoms with E-state index in [1.807, 2.05) is 24.3 Å². The van der Waals surface area contributed by atoms with Crippen LogP contribution in [0.1, 0.15) is 5.56 Å². The van der Waals surface area contributed by atoms with Crippen molar-refractivity contribution in [1.29, 1.82) is 0 Å². The Morgan fingerprint density at radius 3 is 2.48 bits per heavy atom. The Balaban J connectivity index is 1.72. The number of halogens is 3. The molecule has 0 bridgehead atoms. The lowest BCUT2D eigenvalue weighted by Crippen LogP contribution is -2.24. The number of H-pyrrole nitrogens is 1. The molecule has 0 radical (unpaired) electrons. The van der Waals surface area contributed by atoms with Gasteiger partial charge in [-0.05, 0) is 49.6 Å². The number of nitrogens with zero attached hydrogens (tertiary/aromatic N) is 3. The van der Waals surface area contributed by atoms with Crippen LogP contribution in [-0.4, -0.2) is 40.2 Å². The van der Waals surface area contributed by atoms with Gasteiger partial charge in [-0.1, -0.05) is 18.2 Å². The van der Waals surface area contributed by atoms with E-state index < -0.39 is 6.36 Å². The highest BCUT2D eigenvalue weighted by Crippen LogP contribution is 2.27. The molecule has 0 saturated carbocycles. The number of para-hydroxylation sites is 1. The van der Waals surface area contributed by atoms with E-state index in [0.29, 0.717) is 22.8 Å². The molecule has 3 rings (SSSR count). The zero-order chi connectivity index (χ0) is 21.0. The Morgan fingerprint density at radius 1 is 1.14 bits per heavy atom. The Bertz CT molecular complexity index is 1020. The van der Waals surface area contributed by atoms with Gasteiger partial charge in [-0.2, -0.15) is 4.98 Å². The SMILES string of the molecule is COc1ccc(-c2nc(=S)n(CN(C)Cc3ccccc3OC(F)(F)F)[nH]2)cc1. The minimum absolute atomic E-state index is 0.223. The van der Waals surface area contributed by atoms with Crippen molar-refractivity contribution in [1.82, 2.24) is 19.7 Å². The number of aromatic nitrogens is 3. The summed E-state index contributed by atoms with van der Waals surface area (Å²) >= 11 is 5.30. The van der Waals surface area contributed by atoms with Crippen molar-refractivity contribution in [2.24, 2.45) is 0 Å². The van der Waals surface area contributed by atoms with Crippen LogP contribution in [0.15, 0.2) is 48.5 Å². The number of alkyl halides is 3. The number of hydrogen-bond acceptors (Lipinski definition) is 5. The highest BCUT2D eigenvalue weighted by molar-refractivity contribution is 7.71. The van der Waals surface area contributed by atoms with E-state index in [1.165, 1.54) is 12.1 Å². The highest BCUT2D eigenvalue weighted by atomic mass is 32.1. The molecule has 0 spiro atoms. The second-order valence-electron chi connectivity index (χ2n) is 6.32. The Kier molecular flexibility index (Phi) is 6.23. The first-order valence-corrected chi connectivity index (χ1v) is 8.99. The van der Waals surface area contributed by atoms with Gasteiger partial charge in [-0.25, -0.2) is 4.68 Å². The predicted octanol–water partition coefficient (Wildman–Crippen LogP) is 4.60. The van der Waals surface area contributed by atoms with E-state index in [4.69, 9.17) is 17.0 Å². The fourth-order valence-electron chi connectivity index (χ4n) is 2.77. The van der Waals surface area contributed by atoms with E-state index in [9.17, 15) is 13.2 Å². The topological polar surface area (TPSA) is 55.3 Å². The maximum absolute atomic E-state index is 12.6. The smallest absolute Gasteiger partial charge is 0.497 e. The summed E-state index contributed by atoms with van der Waals surface area (Å²) in [6.07, 6.45) is -4.74. The average Bonchev–Trinajstić information content (AvgIpc) is 3.02. The number of methoxy groups -OCH3 is 1. The lowest BCUT2D eigenvalue weighted by molar-refractivity contribution is -0.275. The van der Waals surface area contributed by atoms with Crippen molar-refractivity contribution in [3.63, 3.8) is 0 Å². The van der Waals surface area contributed by atoms with E-state index in [-0.39, 0.29) is 12.3 Å². The van der Waals surface area contributed by atoms with Gasteiger partial charge < -0.3 is 9.47 Å². The molecule has 0 atom stereocenters. The summed E-state index contributed by atoms with van der Waals surface area (Å²) in [5.41, 5.74) is 1.25. The predicted molar refractivity (Wildman–Crippen MR) is 104 cm³/mol. The average molecular weight is 424 g/mol. The molecule has 1 heterocycles. The maximum atomic E-state index is 12.6. The lowest BCUT2D eigenvalue weighted by Gasteiger charge is -2.19. The molecule has 1 N–H and O–H groups in total. The molecule has 0 amide bonds. The molecule has 3 aromatic rings. The summed E-state index contributed by atoms with van der Waals surface area (Å²) in [5, 5.41) is 3.11. The summed E-state index contributed by atoms with van der Waals surface area (Å²) in [7, 11) is 3.35. The van der Waals surface area contributed by atoms with Crippen molar-refractivity contribution in [2.75, 3.05) is 14.2 Å². The van der Waals surface area contributed by atoms with Crippen molar-refractivity contribution in [3.05, 3.63) is 58.9 Å². The quantitative estimate of drug-likeness (QED) is 0.562. The Morgan fingerprint density at radius 2 is 1.83 bits per heavy atom. The van der Waals surface area contributed by atoms with Crippen LogP contribution in [0.2, 0.25) is 0 Å². The van der Waals surface area contributed by atoms with Gasteiger partial charge in [0, 0.05) is 17.7 Å². The number of hydrogen-bond donors (Lipinski definition) is 1. The highest BCUT2D eigenvalue weighted by Gasteiger charge is 2.32. The van der Waals surface area contributed by atoms with Gasteiger partial charge in [0.05, 0.1) is 13.8 Å². The molecule has 10 heteroatoms. The van der Waals surface area contributed by atoms with Crippen LogP contribution in [0, 0.1) is 4.77 Å². The minimum atomic E-state index is -4.74. The second-order valence-corrected chi connectivity index (χ2v) is 6.69. The van der Waals surface area contributed by atoms with Gasteiger partial charge >= 0.3 is 6.36 Å². The summed E-state index contributed by atoms with van der Waals surface area (Å²) in [4.78, 5) is 6.14. The summed E-state index contributed by atoms with van der Waals surface area (Å²) in [5.74, 6) is 1.09. The van der Waals surface area contributed by atoms with Crippen molar-refractivity contribution in [2.45, 2.75) is 19.6 Å². The molecule has 1 aromatic heterocycles. The van der Waals surface area contributed by atoms with Gasteiger partial charge in [0.25, 0.3) is 0 Å². The van der Waals surface area contributed by atoms with E-state index in [0.717, 1.165) is 11.3 Å². The third-order valence-corrected chi connectivity index (χ3v) is 4.38. The molecule has 0 aliphatic heterocycles. The summed E-state index contributed by atoms with van der Waals surface area (Å²) < 4.78 is 49.0. The molecule has 0 unspecified atom stereocenters. The molecule has 29 heavy (non-hydrogen) atoms. The largest absolute Gasteiger partial charge is 0.573 e. The van der Waals surface area contributed by atoms with Gasteiger partial charge in [-0.15, -0.1) is 13.2 Å². The zero-order valence-electron chi connectivity index (χ0n) is 15.7. The Labute approximate surface area is 170 Å². The summed E-state index contributed by atoms with van der Waals surface area (Å²) in [6.45, 7) is 0.535. The fraction of sp³-hybridized carbons (Fsp3) is 0.263. The third-order valence-electron chi connectivity index (χ3n) is 4.06. The van der Waals surface area contributed by atoms with Crippen LogP contribution in [0.5, 0.6) is 11.5 Å². The number of rotatable bonds is 7. The van der Waals surface area contributed by atoms with Gasteiger partial charge in [0.15, 0.2) is 5.82 Å². The monoisotopic (exact) mass is 424 g/mol. The molecule has 6 nitrogen and oxygen atoms in total. The van der Waals surface area contributed by atoms with Gasteiger partial charge in [0.1, 0.15) is 11.5 Å². The lowest BCUT2D eigenvalue weighted by atomic mass is 10.2. The third kappa shape index (κ3) is 5.58. The first-order valence-electron chi connectivity index (χ1n) is 8.58. The van der Waals surface area contributed by atoms with Crippen LogP contribution >= 0.6 is 12.2 Å². The van der Waals surface area contributed by atoms with Crippen LogP contribution in [-0.2, 0) is 13.2 Å². The molecular weight excluding hydrogens is 405 g/mol. The van der Waals surface area contributed by atoms with Crippen molar-refractivity contribution >= 4 is 12.2 Å². The van der Waals surface area contributed by atoms with Crippen molar-refractivity contribution in [3.8, 4) is 22.9 Å². The molecule has 0 saturated heterocycles. The molecule has 0 fully saturated rings. The molecule has 154 valence electrons. The molecule has 2 aromatic carbocycles. The van der Waals surface area contributed by atoms with Crippen molar-refractivity contribution < 1.29 is 22.6 Å². The first-order chi connectivity index (χ1) is 13.7. The molecule has 0 aliphatic carbocycles. The van der Waals surface area contributed by atoms with E-state index in [1.54, 1.807) is 35.9 Å². The Hall–Kier alpha value is -2.85. The minimum Gasteiger partial charge on any atom is -0.497 e. The van der Waals surface area contributed by atoms with E-state index in [2.05, 4.69) is 14.8 Å². The van der Waals surface area contributed by atoms with Crippen LogP contribution in [0.4, 0.5) is 13.2 Å². The normalized spacial score (nSPS) is 11.7. The number of ether oxygens (including phenoxy) is 2. The fourth-order valence-corrected chi connectivity index (χ4v) is 2.97. The zero-order valence-corrected chi connectivity index (χ0v) is 16.5. The van der Waals surface area contributed by atoms with E-state index >= 15 is 0 Å². The number of nitrogens with one attached hydrogen (secondary N) is 1. The number of benzene rings is 2. The summed E-state index contributed by atoms with van der Waals surface area (Å²) in [6, 6.07) is 13.4. The van der Waals surface area contributed by atoms with Gasteiger partial charge in [0.2, 0.25) is 4.77 Å². The molecule has 0 aliphatic rings. The van der Waals surface area contributed by atoms with Crippen LogP contribution in [0.25, 0.3) is 11.4 Å². The van der Waals surface area contributed by atoms with Crippen LogP contribution in [0.3, 0.4) is 0 Å². The molecular formula is C19H19F3N4O2S. The van der Waals surface area contributed by atoms with Crippen LogP contribution < -0.4 is 9.47 Å². The number of aromatic amines is 1. The maximum Gasteiger partial charge on any atom is 0.573 e. The second kappa shape index (κ2) is 8.66. The first kappa shape index (κ1) is 20.9. The van der Waals surface area contributed by atoms with Gasteiger partial charge in [-0.3, -0.25) is 10.00 Å².